The zero-order valence-electron chi connectivity index (χ0n) is 17.5. The van der Waals surface area contributed by atoms with Gasteiger partial charge < -0.3 is 19.5 Å². The van der Waals surface area contributed by atoms with E-state index in [1.165, 1.54) is 32.4 Å². The van der Waals surface area contributed by atoms with Crippen molar-refractivity contribution in [3.63, 3.8) is 0 Å². The maximum atomic E-state index is 12.7. The number of aldehydes is 1. The normalized spacial score (nSPS) is 29.7. The van der Waals surface area contributed by atoms with Gasteiger partial charge >= 0.3 is 5.97 Å². The first kappa shape index (κ1) is 20.7. The largest absolute Gasteiger partial charge is 0.493 e. The van der Waals surface area contributed by atoms with E-state index in [0.717, 1.165) is 37.0 Å². The highest BCUT2D eigenvalue weighted by Gasteiger charge is 2.51. The van der Waals surface area contributed by atoms with Gasteiger partial charge in [0, 0.05) is 11.1 Å². The number of ether oxygens (including phenoxy) is 3. The molecule has 4 aliphatic rings. The average molecular weight is 415 g/mol. The number of amides is 1. The van der Waals surface area contributed by atoms with E-state index in [9.17, 15) is 14.4 Å². The fourth-order valence-electron chi connectivity index (χ4n) is 5.92. The highest BCUT2D eigenvalue weighted by Crippen LogP contribution is 2.55. The molecule has 1 amide bonds. The predicted octanol–water partition coefficient (Wildman–Crippen LogP) is 2.90. The Morgan fingerprint density at radius 1 is 1.13 bits per heavy atom. The SMILES string of the molecule is COc1cc(C=O)ccc1OCC(=O)O[C@H](C)C(=O)NC12CC3CC(CC(C3)C1)C2. The number of hydrogen-bond acceptors (Lipinski definition) is 6. The molecule has 0 radical (unpaired) electrons. The fraction of sp³-hybridized carbons (Fsp3) is 0.609. The number of methoxy groups -OCH3 is 1. The molecular weight excluding hydrogens is 386 g/mol. The molecule has 162 valence electrons. The van der Waals surface area contributed by atoms with Crippen LogP contribution in [-0.2, 0) is 14.3 Å². The summed E-state index contributed by atoms with van der Waals surface area (Å²) < 4.78 is 15.9. The van der Waals surface area contributed by atoms with E-state index in [4.69, 9.17) is 14.2 Å². The van der Waals surface area contributed by atoms with E-state index in [0.29, 0.717) is 23.3 Å². The fourth-order valence-corrected chi connectivity index (χ4v) is 5.92. The van der Waals surface area contributed by atoms with Crippen LogP contribution in [0.1, 0.15) is 55.8 Å². The topological polar surface area (TPSA) is 90.9 Å². The number of carbonyl (C=O) groups is 3. The van der Waals surface area contributed by atoms with Crippen LogP contribution in [0.25, 0.3) is 0 Å². The van der Waals surface area contributed by atoms with Crippen LogP contribution in [0.15, 0.2) is 18.2 Å². The third-order valence-electron chi connectivity index (χ3n) is 6.77. The molecule has 4 aliphatic carbocycles. The van der Waals surface area contributed by atoms with Crippen LogP contribution < -0.4 is 14.8 Å². The van der Waals surface area contributed by atoms with Gasteiger partial charge in [-0.2, -0.15) is 0 Å². The lowest BCUT2D eigenvalue weighted by atomic mass is 9.53. The molecule has 1 aromatic rings. The second kappa shape index (κ2) is 8.28. The maximum absolute atomic E-state index is 12.7. The lowest BCUT2D eigenvalue weighted by molar-refractivity contribution is -0.158. The standard InChI is InChI=1S/C23H29NO6/c1-14(22(27)24-23-9-16-5-17(10-23)7-18(6-16)11-23)30-21(26)13-29-19-4-3-15(12-25)8-20(19)28-2/h3-4,8,12,14,16-18H,5-7,9-11,13H2,1-2H3,(H,24,27)/t14-,16?,17?,18?,23?/m1/s1. The molecule has 0 heterocycles. The third kappa shape index (κ3) is 4.30. The highest BCUT2D eigenvalue weighted by molar-refractivity contribution is 5.84. The van der Waals surface area contributed by atoms with Crippen LogP contribution in [-0.4, -0.2) is 43.5 Å². The zero-order chi connectivity index (χ0) is 21.3. The molecule has 30 heavy (non-hydrogen) atoms. The van der Waals surface area contributed by atoms with Crippen molar-refractivity contribution in [1.29, 1.82) is 0 Å². The van der Waals surface area contributed by atoms with Gasteiger partial charge in [0.25, 0.3) is 5.91 Å². The number of hydrogen-bond donors (Lipinski definition) is 1. The van der Waals surface area contributed by atoms with E-state index in [1.807, 2.05) is 0 Å². The summed E-state index contributed by atoms with van der Waals surface area (Å²) in [6.45, 7) is 1.24. The zero-order valence-corrected chi connectivity index (χ0v) is 17.5. The Labute approximate surface area is 176 Å². The molecule has 0 unspecified atom stereocenters. The highest BCUT2D eigenvalue weighted by atomic mass is 16.6. The lowest BCUT2D eigenvalue weighted by Gasteiger charge is -2.57. The second-order valence-electron chi connectivity index (χ2n) is 9.14. The molecular formula is C23H29NO6. The Bertz CT molecular complexity index is 800. The van der Waals surface area contributed by atoms with Gasteiger partial charge in [0.2, 0.25) is 0 Å². The van der Waals surface area contributed by atoms with Crippen LogP contribution in [0.2, 0.25) is 0 Å². The van der Waals surface area contributed by atoms with Crippen molar-refractivity contribution in [2.75, 3.05) is 13.7 Å². The summed E-state index contributed by atoms with van der Waals surface area (Å²) in [4.78, 5) is 35.8. The van der Waals surface area contributed by atoms with Crippen LogP contribution in [0, 0.1) is 17.8 Å². The van der Waals surface area contributed by atoms with Gasteiger partial charge in [0.05, 0.1) is 7.11 Å². The van der Waals surface area contributed by atoms with Crippen molar-refractivity contribution in [2.24, 2.45) is 17.8 Å². The van der Waals surface area contributed by atoms with Crippen molar-refractivity contribution in [3.8, 4) is 11.5 Å². The Morgan fingerprint density at radius 2 is 1.77 bits per heavy atom. The number of carbonyl (C=O) groups excluding carboxylic acids is 3. The van der Waals surface area contributed by atoms with Gasteiger partial charge in [-0.15, -0.1) is 0 Å². The Hall–Kier alpha value is -2.57. The minimum atomic E-state index is -0.881. The molecule has 1 atom stereocenters. The molecule has 0 saturated heterocycles. The van der Waals surface area contributed by atoms with Crippen molar-refractivity contribution in [2.45, 2.75) is 57.1 Å². The van der Waals surface area contributed by atoms with E-state index in [1.54, 1.807) is 19.1 Å². The van der Waals surface area contributed by atoms with Crippen LogP contribution in [0.3, 0.4) is 0 Å². The van der Waals surface area contributed by atoms with Crippen LogP contribution in [0.5, 0.6) is 11.5 Å². The Morgan fingerprint density at radius 3 is 2.33 bits per heavy atom. The van der Waals surface area contributed by atoms with Gasteiger partial charge in [-0.05, 0) is 81.4 Å². The van der Waals surface area contributed by atoms with E-state index in [2.05, 4.69) is 5.32 Å². The molecule has 4 bridgehead atoms. The molecule has 0 aromatic heterocycles. The summed E-state index contributed by atoms with van der Waals surface area (Å²) in [6.07, 6.45) is 6.86. The monoisotopic (exact) mass is 415 g/mol. The Balaban J connectivity index is 1.28. The number of esters is 1. The van der Waals surface area contributed by atoms with E-state index in [-0.39, 0.29) is 18.1 Å². The molecule has 0 aliphatic heterocycles. The van der Waals surface area contributed by atoms with Crippen molar-refractivity contribution < 1.29 is 28.6 Å². The molecule has 5 rings (SSSR count). The number of nitrogens with one attached hydrogen (secondary N) is 1. The molecule has 4 fully saturated rings. The summed E-state index contributed by atoms with van der Waals surface area (Å²) in [5, 5.41) is 3.22. The molecule has 4 saturated carbocycles. The van der Waals surface area contributed by atoms with Gasteiger partial charge in [-0.3, -0.25) is 9.59 Å². The molecule has 7 nitrogen and oxygen atoms in total. The summed E-state index contributed by atoms with van der Waals surface area (Å²) in [6, 6.07) is 4.64. The van der Waals surface area contributed by atoms with E-state index < -0.39 is 12.1 Å². The number of benzene rings is 1. The molecule has 7 heteroatoms. The lowest BCUT2D eigenvalue weighted by Crippen LogP contribution is -2.61. The van der Waals surface area contributed by atoms with Gasteiger partial charge in [0.15, 0.2) is 24.2 Å². The molecule has 1 N–H and O–H groups in total. The summed E-state index contributed by atoms with van der Waals surface area (Å²) in [5.41, 5.74) is 0.327. The first-order valence-corrected chi connectivity index (χ1v) is 10.7. The van der Waals surface area contributed by atoms with Crippen molar-refractivity contribution in [1.82, 2.24) is 5.32 Å². The summed E-state index contributed by atoms with van der Waals surface area (Å²) in [7, 11) is 1.45. The third-order valence-corrected chi connectivity index (χ3v) is 6.77. The van der Waals surface area contributed by atoms with Gasteiger partial charge in [0.1, 0.15) is 6.29 Å². The van der Waals surface area contributed by atoms with Crippen molar-refractivity contribution >= 4 is 18.2 Å². The summed E-state index contributed by atoms with van der Waals surface area (Å²) in [5.74, 6) is 1.98. The quantitative estimate of drug-likeness (QED) is 0.519. The molecule has 1 aromatic carbocycles. The van der Waals surface area contributed by atoms with Crippen molar-refractivity contribution in [3.05, 3.63) is 23.8 Å². The maximum Gasteiger partial charge on any atom is 0.344 e. The molecule has 0 spiro atoms. The minimum absolute atomic E-state index is 0.114. The van der Waals surface area contributed by atoms with Crippen LogP contribution >= 0.6 is 0 Å². The second-order valence-corrected chi connectivity index (χ2v) is 9.14. The van der Waals surface area contributed by atoms with E-state index >= 15 is 0 Å². The average Bonchev–Trinajstić information content (AvgIpc) is 2.70. The number of rotatable bonds is 8. The van der Waals surface area contributed by atoms with Gasteiger partial charge in [-0.1, -0.05) is 0 Å². The Kier molecular flexibility index (Phi) is 5.71. The first-order chi connectivity index (χ1) is 14.4. The predicted molar refractivity (Wildman–Crippen MR) is 108 cm³/mol. The minimum Gasteiger partial charge on any atom is -0.493 e. The summed E-state index contributed by atoms with van der Waals surface area (Å²) >= 11 is 0. The smallest absolute Gasteiger partial charge is 0.344 e. The van der Waals surface area contributed by atoms with Crippen LogP contribution in [0.4, 0.5) is 0 Å². The first-order valence-electron chi connectivity index (χ1n) is 10.7. The van der Waals surface area contributed by atoms with Gasteiger partial charge in [-0.25, -0.2) is 4.79 Å².